The molecule has 2 N–H and O–H groups in total. The smallest absolute Gasteiger partial charge is 0.228 e. The number of ketones is 1. The lowest BCUT2D eigenvalue weighted by Gasteiger charge is -2.44. The summed E-state index contributed by atoms with van der Waals surface area (Å²) in [4.78, 5) is 23.5. The molecule has 5 nitrogen and oxygen atoms in total. The van der Waals surface area contributed by atoms with Gasteiger partial charge in [0.25, 0.3) is 0 Å². The Hall–Kier alpha value is -1.01. The van der Waals surface area contributed by atoms with Crippen LogP contribution in [0.1, 0.15) is 19.3 Å². The second-order valence-corrected chi connectivity index (χ2v) is 4.95. The van der Waals surface area contributed by atoms with E-state index < -0.39 is 30.8 Å². The van der Waals surface area contributed by atoms with Crippen molar-refractivity contribution < 1.29 is 23.8 Å². The van der Waals surface area contributed by atoms with Crippen molar-refractivity contribution >= 4 is 11.7 Å². The van der Waals surface area contributed by atoms with Gasteiger partial charge in [-0.05, 0) is 19.3 Å². The van der Waals surface area contributed by atoms with Crippen molar-refractivity contribution in [2.24, 2.45) is 11.8 Å². The molecule has 0 bridgehead atoms. The standard InChI is InChI=1S/C12H18FNO4/c1-18-8-4-2-3-6(11(8)16)10-9(7(15)5-13)12(17)14-10/h6-10,15H,2-5H2,1H3,(H,14,17)/t6-,7?,8+,9?,10-/m1/s1. The molecule has 0 aromatic rings. The van der Waals surface area contributed by atoms with Crippen LogP contribution in [0.5, 0.6) is 0 Å². The lowest BCUT2D eigenvalue weighted by molar-refractivity contribution is -0.151. The number of hydrogen-bond acceptors (Lipinski definition) is 4. The van der Waals surface area contributed by atoms with Crippen LogP contribution in [0.4, 0.5) is 4.39 Å². The number of aliphatic hydroxyl groups excluding tert-OH is 1. The zero-order valence-corrected chi connectivity index (χ0v) is 10.3. The van der Waals surface area contributed by atoms with E-state index in [0.717, 1.165) is 6.42 Å². The van der Waals surface area contributed by atoms with Crippen LogP contribution in [0.3, 0.4) is 0 Å². The van der Waals surface area contributed by atoms with Crippen molar-refractivity contribution in [1.29, 1.82) is 0 Å². The Bertz CT molecular complexity index is 349. The van der Waals surface area contributed by atoms with Crippen LogP contribution in [-0.2, 0) is 14.3 Å². The Labute approximate surface area is 105 Å². The number of nitrogens with one attached hydrogen (secondary N) is 1. The van der Waals surface area contributed by atoms with Gasteiger partial charge in [-0.1, -0.05) is 0 Å². The quantitative estimate of drug-likeness (QED) is 0.686. The van der Waals surface area contributed by atoms with Crippen LogP contribution in [0.2, 0.25) is 0 Å². The molecule has 5 atom stereocenters. The summed E-state index contributed by atoms with van der Waals surface area (Å²) in [5.74, 6) is -1.60. The summed E-state index contributed by atoms with van der Waals surface area (Å²) in [6, 6.07) is -0.450. The Kier molecular flexibility index (Phi) is 3.97. The summed E-state index contributed by atoms with van der Waals surface area (Å²) in [6.45, 7) is -0.969. The van der Waals surface area contributed by atoms with Gasteiger partial charge in [-0.15, -0.1) is 0 Å². The molecule has 2 rings (SSSR count). The minimum Gasteiger partial charge on any atom is -0.389 e. The van der Waals surface area contributed by atoms with Gasteiger partial charge in [-0.25, -0.2) is 4.39 Å². The van der Waals surface area contributed by atoms with Crippen molar-refractivity contribution in [3.63, 3.8) is 0 Å². The van der Waals surface area contributed by atoms with Crippen molar-refractivity contribution in [2.75, 3.05) is 13.8 Å². The van der Waals surface area contributed by atoms with Crippen LogP contribution in [0, 0.1) is 11.8 Å². The summed E-state index contributed by atoms with van der Waals surface area (Å²) < 4.78 is 17.6. The Morgan fingerprint density at radius 3 is 2.78 bits per heavy atom. The molecule has 1 aliphatic heterocycles. The van der Waals surface area contributed by atoms with Gasteiger partial charge in [-0.3, -0.25) is 9.59 Å². The minimum atomic E-state index is -1.32. The monoisotopic (exact) mass is 259 g/mol. The molecule has 1 saturated carbocycles. The van der Waals surface area contributed by atoms with Gasteiger partial charge in [0.15, 0.2) is 5.78 Å². The van der Waals surface area contributed by atoms with Gasteiger partial charge in [-0.2, -0.15) is 0 Å². The molecule has 0 aromatic heterocycles. The highest BCUT2D eigenvalue weighted by Gasteiger charge is 2.51. The van der Waals surface area contributed by atoms with Crippen LogP contribution < -0.4 is 5.32 Å². The van der Waals surface area contributed by atoms with Gasteiger partial charge in [0.05, 0.1) is 18.1 Å². The maximum atomic E-state index is 12.5. The fourth-order valence-corrected chi connectivity index (χ4v) is 2.92. The number of alkyl halides is 1. The van der Waals surface area contributed by atoms with Gasteiger partial charge in [0.1, 0.15) is 12.8 Å². The van der Waals surface area contributed by atoms with E-state index >= 15 is 0 Å². The van der Waals surface area contributed by atoms with E-state index in [1.165, 1.54) is 7.11 Å². The van der Waals surface area contributed by atoms with Crippen LogP contribution in [0.25, 0.3) is 0 Å². The Morgan fingerprint density at radius 1 is 1.50 bits per heavy atom. The zero-order valence-electron chi connectivity index (χ0n) is 10.3. The largest absolute Gasteiger partial charge is 0.389 e. The number of aliphatic hydroxyl groups is 1. The molecule has 1 aliphatic carbocycles. The summed E-state index contributed by atoms with van der Waals surface area (Å²) in [6.07, 6.45) is 0.408. The first kappa shape index (κ1) is 13.4. The molecule has 2 fully saturated rings. The van der Waals surface area contributed by atoms with Crippen LogP contribution in [-0.4, -0.2) is 48.8 Å². The number of Topliss-reactive ketones (excluding diaryl/α,β-unsaturated/α-hetero) is 1. The molecule has 1 saturated heterocycles. The van der Waals surface area contributed by atoms with E-state index in [1.807, 2.05) is 0 Å². The first-order valence-corrected chi connectivity index (χ1v) is 6.21. The van der Waals surface area contributed by atoms with Gasteiger partial charge in [0, 0.05) is 13.0 Å². The topological polar surface area (TPSA) is 75.6 Å². The number of carbonyl (C=O) groups excluding carboxylic acids is 2. The first-order chi connectivity index (χ1) is 8.60. The lowest BCUT2D eigenvalue weighted by atomic mass is 9.71. The average Bonchev–Trinajstić information content (AvgIpc) is 2.36. The maximum absolute atomic E-state index is 12.5. The first-order valence-electron chi connectivity index (χ1n) is 6.21. The molecule has 0 aromatic carbocycles. The Morgan fingerprint density at radius 2 is 2.22 bits per heavy atom. The SMILES string of the molecule is CO[C@H]1CCC[C@H]([C@H]2NC(=O)C2C(O)CF)C1=O. The molecule has 1 amide bonds. The highest BCUT2D eigenvalue weighted by atomic mass is 19.1. The van der Waals surface area contributed by atoms with Gasteiger partial charge < -0.3 is 15.2 Å². The van der Waals surface area contributed by atoms with E-state index in [-0.39, 0.29) is 17.6 Å². The molecule has 18 heavy (non-hydrogen) atoms. The van der Waals surface area contributed by atoms with E-state index in [4.69, 9.17) is 4.74 Å². The van der Waals surface area contributed by atoms with Crippen molar-refractivity contribution in [3.8, 4) is 0 Å². The number of methoxy groups -OCH3 is 1. The van der Waals surface area contributed by atoms with Crippen LogP contribution in [0.15, 0.2) is 0 Å². The number of amides is 1. The van der Waals surface area contributed by atoms with E-state index in [9.17, 15) is 19.1 Å². The van der Waals surface area contributed by atoms with Crippen molar-refractivity contribution in [1.82, 2.24) is 5.32 Å². The predicted molar refractivity (Wildman–Crippen MR) is 60.5 cm³/mol. The van der Waals surface area contributed by atoms with E-state index in [2.05, 4.69) is 5.32 Å². The third kappa shape index (κ3) is 2.14. The van der Waals surface area contributed by atoms with E-state index in [0.29, 0.717) is 12.8 Å². The number of rotatable bonds is 4. The summed E-state index contributed by atoms with van der Waals surface area (Å²) in [5.41, 5.74) is 0. The summed E-state index contributed by atoms with van der Waals surface area (Å²) in [7, 11) is 1.48. The molecular formula is C12H18FNO4. The number of hydrogen-bond donors (Lipinski definition) is 2. The van der Waals surface area contributed by atoms with Crippen LogP contribution >= 0.6 is 0 Å². The second-order valence-electron chi connectivity index (χ2n) is 4.95. The van der Waals surface area contributed by atoms with Crippen molar-refractivity contribution in [3.05, 3.63) is 0 Å². The predicted octanol–water partition coefficient (Wildman–Crippen LogP) is -0.184. The minimum absolute atomic E-state index is 0.0511. The third-order valence-corrected chi connectivity index (χ3v) is 3.95. The number of β-lactam (4-membered cyclic amide) rings is 1. The van der Waals surface area contributed by atoms with Gasteiger partial charge in [0.2, 0.25) is 5.91 Å². The molecule has 0 spiro atoms. The van der Waals surface area contributed by atoms with E-state index in [1.54, 1.807) is 0 Å². The maximum Gasteiger partial charge on any atom is 0.228 e. The highest BCUT2D eigenvalue weighted by molar-refractivity contribution is 5.92. The fourth-order valence-electron chi connectivity index (χ4n) is 2.92. The normalized spacial score (nSPS) is 37.9. The average molecular weight is 259 g/mol. The highest BCUT2D eigenvalue weighted by Crippen LogP contribution is 2.34. The molecule has 2 unspecified atom stereocenters. The molecule has 2 aliphatic rings. The molecule has 6 heteroatoms. The zero-order chi connectivity index (χ0) is 13.3. The Balaban J connectivity index is 2.07. The summed E-state index contributed by atoms with van der Waals surface area (Å²) in [5, 5.41) is 12.1. The molecule has 1 heterocycles. The fraction of sp³-hybridized carbons (Fsp3) is 0.833. The number of ether oxygens (including phenoxy) is 1. The number of carbonyl (C=O) groups is 2. The molecule has 102 valence electrons. The summed E-state index contributed by atoms with van der Waals surface area (Å²) >= 11 is 0. The number of halogens is 1. The third-order valence-electron chi connectivity index (χ3n) is 3.95. The molecule has 0 radical (unpaired) electrons. The second kappa shape index (κ2) is 5.32. The van der Waals surface area contributed by atoms with Crippen molar-refractivity contribution in [2.45, 2.75) is 37.5 Å². The van der Waals surface area contributed by atoms with Gasteiger partial charge >= 0.3 is 0 Å². The lowest BCUT2D eigenvalue weighted by Crippen LogP contribution is -2.67. The molecular weight excluding hydrogens is 241 g/mol.